The van der Waals surface area contributed by atoms with Crippen molar-refractivity contribution in [3.63, 3.8) is 0 Å². The maximum Gasteiger partial charge on any atom is 0.331 e. The summed E-state index contributed by atoms with van der Waals surface area (Å²) in [6.45, 7) is 1.89. The fourth-order valence-electron chi connectivity index (χ4n) is 4.08. The smallest absolute Gasteiger partial charge is 0.273 e. The molecule has 1 saturated carbocycles. The van der Waals surface area contributed by atoms with Crippen LogP contribution in [0.5, 0.6) is 0 Å². The van der Waals surface area contributed by atoms with Crippen molar-refractivity contribution in [2.24, 2.45) is 4.99 Å². The van der Waals surface area contributed by atoms with E-state index >= 15 is 0 Å². The summed E-state index contributed by atoms with van der Waals surface area (Å²) in [7, 11) is 0. The van der Waals surface area contributed by atoms with Crippen LogP contribution in [0, 0.1) is 0 Å². The van der Waals surface area contributed by atoms with Gasteiger partial charge in [-0.25, -0.2) is 4.79 Å². The van der Waals surface area contributed by atoms with Gasteiger partial charge in [-0.15, -0.1) is 0 Å². The third kappa shape index (κ3) is 2.75. The number of hydrogen-bond acceptors (Lipinski definition) is 4. The maximum absolute atomic E-state index is 13.0. The molecule has 26 heavy (non-hydrogen) atoms. The van der Waals surface area contributed by atoms with Crippen LogP contribution in [0.15, 0.2) is 40.9 Å². The second-order valence-corrected chi connectivity index (χ2v) is 7.10. The van der Waals surface area contributed by atoms with Gasteiger partial charge in [0.25, 0.3) is 11.8 Å². The third-order valence-corrected chi connectivity index (χ3v) is 5.42. The standard InChI is InChI=1S/C20H21N3O3/c1-12-15(14-9-5-6-10-17(14)21-12)11-16-18(24)22-20(26)23(19(16)25)13-7-3-2-4-8-13/h5-6,9-11,13,15H,2-4,7-8H2,1H3,(H,22,24,26). The first-order valence-electron chi connectivity index (χ1n) is 9.11. The number of nitrogens with one attached hydrogen (secondary N) is 1. The molecule has 6 nitrogen and oxygen atoms in total. The van der Waals surface area contributed by atoms with Crippen molar-refractivity contribution >= 4 is 29.2 Å². The Labute approximate surface area is 152 Å². The predicted molar refractivity (Wildman–Crippen MR) is 97.3 cm³/mol. The van der Waals surface area contributed by atoms with Crippen LogP contribution in [0.1, 0.15) is 50.5 Å². The zero-order chi connectivity index (χ0) is 18.3. The topological polar surface area (TPSA) is 78.8 Å². The first-order chi connectivity index (χ1) is 12.6. The summed E-state index contributed by atoms with van der Waals surface area (Å²) in [5.74, 6) is -1.33. The van der Waals surface area contributed by atoms with E-state index in [2.05, 4.69) is 10.3 Å². The molecule has 2 aliphatic heterocycles. The summed E-state index contributed by atoms with van der Waals surface area (Å²) in [5.41, 5.74) is 2.70. The zero-order valence-corrected chi connectivity index (χ0v) is 14.7. The summed E-state index contributed by atoms with van der Waals surface area (Å²) in [6.07, 6.45) is 6.37. The minimum atomic E-state index is -0.621. The van der Waals surface area contributed by atoms with Gasteiger partial charge in [-0.2, -0.15) is 0 Å². The van der Waals surface area contributed by atoms with Gasteiger partial charge in [0.1, 0.15) is 5.57 Å². The van der Waals surface area contributed by atoms with Crippen LogP contribution in [-0.4, -0.2) is 34.5 Å². The van der Waals surface area contributed by atoms with Gasteiger partial charge in [0.2, 0.25) is 0 Å². The van der Waals surface area contributed by atoms with Crippen molar-refractivity contribution in [1.29, 1.82) is 0 Å². The molecule has 1 unspecified atom stereocenters. The summed E-state index contributed by atoms with van der Waals surface area (Å²) >= 11 is 0. The molecule has 0 spiro atoms. The number of barbiturate groups is 1. The Bertz CT molecular complexity index is 850. The number of amides is 4. The highest BCUT2D eigenvalue weighted by Crippen LogP contribution is 2.37. The molecule has 0 bridgehead atoms. The van der Waals surface area contributed by atoms with Crippen LogP contribution in [0.2, 0.25) is 0 Å². The minimum absolute atomic E-state index is 0.0337. The lowest BCUT2D eigenvalue weighted by atomic mass is 9.91. The van der Waals surface area contributed by atoms with Gasteiger partial charge in [-0.05, 0) is 31.4 Å². The number of imide groups is 2. The zero-order valence-electron chi connectivity index (χ0n) is 14.7. The van der Waals surface area contributed by atoms with Gasteiger partial charge in [0.15, 0.2) is 0 Å². The van der Waals surface area contributed by atoms with Gasteiger partial charge in [-0.1, -0.05) is 43.5 Å². The molecule has 2 fully saturated rings. The van der Waals surface area contributed by atoms with Gasteiger partial charge in [0, 0.05) is 17.7 Å². The predicted octanol–water partition coefficient (Wildman–Crippen LogP) is 3.21. The Balaban J connectivity index is 1.68. The second kappa shape index (κ2) is 6.52. The summed E-state index contributed by atoms with van der Waals surface area (Å²) in [5, 5.41) is 2.34. The van der Waals surface area contributed by atoms with Crippen molar-refractivity contribution < 1.29 is 14.4 Å². The average molecular weight is 351 g/mol. The number of aliphatic imine (C=N–C) groups is 1. The SMILES string of the molecule is CC1=Nc2ccccc2C1C=C1C(=O)NC(=O)N(C2CCCCC2)C1=O. The van der Waals surface area contributed by atoms with Crippen LogP contribution in [0.4, 0.5) is 10.5 Å². The number of para-hydroxylation sites is 1. The van der Waals surface area contributed by atoms with Gasteiger partial charge < -0.3 is 0 Å². The number of rotatable bonds is 2. The lowest BCUT2D eigenvalue weighted by Crippen LogP contribution is -2.58. The van der Waals surface area contributed by atoms with Crippen molar-refractivity contribution in [2.75, 3.05) is 0 Å². The van der Waals surface area contributed by atoms with Crippen LogP contribution in [0.25, 0.3) is 0 Å². The van der Waals surface area contributed by atoms with E-state index in [9.17, 15) is 14.4 Å². The lowest BCUT2D eigenvalue weighted by Gasteiger charge is -2.35. The number of nitrogens with zero attached hydrogens (tertiary/aromatic N) is 2. The van der Waals surface area contributed by atoms with Crippen molar-refractivity contribution in [1.82, 2.24) is 10.2 Å². The molecule has 134 valence electrons. The van der Waals surface area contributed by atoms with Crippen LogP contribution >= 0.6 is 0 Å². The summed E-state index contributed by atoms with van der Waals surface area (Å²) in [6, 6.07) is 6.97. The molecule has 6 heteroatoms. The second-order valence-electron chi connectivity index (χ2n) is 7.10. The number of benzene rings is 1. The fraction of sp³-hybridized carbons (Fsp3) is 0.400. The summed E-state index contributed by atoms with van der Waals surface area (Å²) in [4.78, 5) is 43.4. The number of carbonyl (C=O) groups is 3. The van der Waals surface area contributed by atoms with E-state index in [4.69, 9.17) is 0 Å². The highest BCUT2D eigenvalue weighted by atomic mass is 16.2. The van der Waals surface area contributed by atoms with Gasteiger partial charge in [-0.3, -0.25) is 24.8 Å². The highest BCUT2D eigenvalue weighted by molar-refractivity contribution is 6.29. The Morgan fingerprint density at radius 2 is 1.85 bits per heavy atom. The molecule has 0 radical (unpaired) electrons. The van der Waals surface area contributed by atoms with Crippen molar-refractivity contribution in [3.05, 3.63) is 41.5 Å². The lowest BCUT2D eigenvalue weighted by molar-refractivity contribution is -0.132. The summed E-state index contributed by atoms with van der Waals surface area (Å²) < 4.78 is 0. The first kappa shape index (κ1) is 16.7. The Morgan fingerprint density at radius 3 is 2.62 bits per heavy atom. The molecule has 3 aliphatic rings. The average Bonchev–Trinajstić information content (AvgIpc) is 2.94. The highest BCUT2D eigenvalue weighted by Gasteiger charge is 2.41. The monoisotopic (exact) mass is 351 g/mol. The van der Waals surface area contributed by atoms with E-state index < -0.39 is 17.8 Å². The molecule has 0 aromatic heterocycles. The molecule has 1 N–H and O–H groups in total. The molecular weight excluding hydrogens is 330 g/mol. The number of allylic oxidation sites excluding steroid dienone is 1. The van der Waals surface area contributed by atoms with Crippen molar-refractivity contribution in [3.8, 4) is 0 Å². The molecule has 1 aromatic rings. The largest absolute Gasteiger partial charge is 0.331 e. The van der Waals surface area contributed by atoms with Crippen LogP contribution in [-0.2, 0) is 9.59 Å². The van der Waals surface area contributed by atoms with E-state index in [1.165, 1.54) is 4.90 Å². The molecule has 4 rings (SSSR count). The quantitative estimate of drug-likeness (QED) is 0.656. The molecule has 1 aromatic carbocycles. The molecule has 1 atom stereocenters. The number of carbonyl (C=O) groups excluding carboxylic acids is 3. The molecule has 1 saturated heterocycles. The van der Waals surface area contributed by atoms with Crippen molar-refractivity contribution in [2.45, 2.75) is 51.0 Å². The minimum Gasteiger partial charge on any atom is -0.273 e. The van der Waals surface area contributed by atoms with E-state index in [0.29, 0.717) is 0 Å². The van der Waals surface area contributed by atoms with Crippen LogP contribution < -0.4 is 5.32 Å². The normalized spacial score (nSPS) is 25.3. The van der Waals surface area contributed by atoms with Crippen LogP contribution in [0.3, 0.4) is 0 Å². The third-order valence-electron chi connectivity index (χ3n) is 5.42. The Hall–Kier alpha value is -2.76. The van der Waals surface area contributed by atoms with E-state index in [-0.39, 0.29) is 17.5 Å². The Morgan fingerprint density at radius 1 is 1.12 bits per heavy atom. The number of urea groups is 1. The fourth-order valence-corrected chi connectivity index (χ4v) is 4.08. The van der Waals surface area contributed by atoms with E-state index in [1.54, 1.807) is 6.08 Å². The Kier molecular flexibility index (Phi) is 4.18. The van der Waals surface area contributed by atoms with Gasteiger partial charge >= 0.3 is 6.03 Å². The van der Waals surface area contributed by atoms with E-state index in [1.807, 2.05) is 31.2 Å². The molecule has 1 aliphatic carbocycles. The van der Waals surface area contributed by atoms with E-state index in [0.717, 1.165) is 49.1 Å². The van der Waals surface area contributed by atoms with Gasteiger partial charge in [0.05, 0.1) is 5.69 Å². The molecular formula is C20H21N3O3. The molecule has 2 heterocycles. The number of hydrogen-bond donors (Lipinski definition) is 1. The maximum atomic E-state index is 13.0. The molecule has 4 amide bonds. The first-order valence-corrected chi connectivity index (χ1v) is 9.11. The number of fused-ring (bicyclic) bond motifs is 1.